The maximum Gasteiger partial charge on any atom is 0.431 e. The summed E-state index contributed by atoms with van der Waals surface area (Å²) in [6.07, 6.45) is -0.710. The number of nitro benzene ring substituents is 1. The van der Waals surface area contributed by atoms with Crippen molar-refractivity contribution in [3.8, 4) is 11.4 Å². The molecule has 0 amide bonds. The molecular formula is C26H24F4N4O5. The summed E-state index contributed by atoms with van der Waals surface area (Å²) in [5.74, 6) is -1.63. The Morgan fingerprint density at radius 1 is 1.21 bits per heavy atom. The van der Waals surface area contributed by atoms with Crippen LogP contribution in [0.2, 0.25) is 0 Å². The SMILES string of the molecule is CCc1cncc(CC)c1-n1c(C=O)c(/C=C(\N(C)c2c(F)cccc2[N+](=O)[O-])C(F)(F)F)c(OC)cc1=O. The Kier molecular flexibility index (Phi) is 8.52. The van der Waals surface area contributed by atoms with Gasteiger partial charge in [0.1, 0.15) is 17.1 Å². The van der Waals surface area contributed by atoms with E-state index in [1.165, 1.54) is 12.4 Å². The summed E-state index contributed by atoms with van der Waals surface area (Å²) >= 11 is 0. The van der Waals surface area contributed by atoms with Gasteiger partial charge in [0, 0.05) is 37.1 Å². The number of aldehydes is 1. The molecule has 39 heavy (non-hydrogen) atoms. The monoisotopic (exact) mass is 548 g/mol. The van der Waals surface area contributed by atoms with Crippen LogP contribution in [0.25, 0.3) is 11.8 Å². The number of carbonyl (C=O) groups excluding carboxylic acids is 1. The number of anilines is 1. The van der Waals surface area contributed by atoms with Crippen LogP contribution in [-0.2, 0) is 12.8 Å². The second-order valence-electron chi connectivity index (χ2n) is 8.27. The standard InChI is InChI=1S/C26H24F4N4O5/c1-5-15-12-31-13-16(6-2)24(15)33-20(14-35)17(21(39-4)11-23(33)36)10-22(26(28,29)30)32(3)25-18(27)8-7-9-19(25)34(37)38/h7-14H,5-6H2,1-4H3/b22-10-. The van der Waals surface area contributed by atoms with Crippen molar-refractivity contribution in [3.63, 3.8) is 0 Å². The second kappa shape index (κ2) is 11.5. The molecular weight excluding hydrogens is 524 g/mol. The lowest BCUT2D eigenvalue weighted by Gasteiger charge is -2.26. The molecule has 0 spiro atoms. The van der Waals surface area contributed by atoms with Crippen LogP contribution >= 0.6 is 0 Å². The van der Waals surface area contributed by atoms with Crippen LogP contribution in [0, 0.1) is 15.9 Å². The zero-order valence-electron chi connectivity index (χ0n) is 21.4. The van der Waals surface area contributed by atoms with E-state index in [2.05, 4.69) is 4.98 Å². The number of allylic oxidation sites excluding steroid dienone is 1. The first kappa shape index (κ1) is 29.0. The number of para-hydroxylation sites is 1. The maximum atomic E-state index is 14.7. The van der Waals surface area contributed by atoms with Crippen LogP contribution in [0.4, 0.5) is 28.9 Å². The fourth-order valence-electron chi connectivity index (χ4n) is 4.24. The highest BCUT2D eigenvalue weighted by molar-refractivity contribution is 5.85. The number of hydrogen-bond donors (Lipinski definition) is 0. The van der Waals surface area contributed by atoms with Gasteiger partial charge >= 0.3 is 6.18 Å². The van der Waals surface area contributed by atoms with E-state index in [0.29, 0.717) is 35.7 Å². The molecule has 0 aliphatic rings. The van der Waals surface area contributed by atoms with Gasteiger partial charge in [-0.25, -0.2) is 4.39 Å². The molecule has 0 atom stereocenters. The molecule has 0 saturated heterocycles. The number of hydrogen-bond acceptors (Lipinski definition) is 7. The Morgan fingerprint density at radius 3 is 2.31 bits per heavy atom. The van der Waals surface area contributed by atoms with Crippen molar-refractivity contribution >= 4 is 23.7 Å². The van der Waals surface area contributed by atoms with Crippen molar-refractivity contribution < 1.29 is 32.0 Å². The molecule has 3 aromatic rings. The Labute approximate surface area is 220 Å². The lowest BCUT2D eigenvalue weighted by molar-refractivity contribution is -0.384. The number of methoxy groups -OCH3 is 1. The van der Waals surface area contributed by atoms with E-state index in [1.807, 2.05) is 0 Å². The molecule has 206 valence electrons. The van der Waals surface area contributed by atoms with Gasteiger partial charge in [0.05, 0.1) is 17.7 Å². The van der Waals surface area contributed by atoms with E-state index in [0.717, 1.165) is 43.0 Å². The summed E-state index contributed by atoms with van der Waals surface area (Å²) in [6.45, 7) is 3.57. The number of carbonyl (C=O) groups is 1. The van der Waals surface area contributed by atoms with E-state index in [9.17, 15) is 37.3 Å². The molecule has 2 heterocycles. The first-order valence-corrected chi connectivity index (χ1v) is 11.6. The molecule has 9 nitrogen and oxygen atoms in total. The minimum Gasteiger partial charge on any atom is -0.496 e. The van der Waals surface area contributed by atoms with Crippen molar-refractivity contribution in [2.45, 2.75) is 32.9 Å². The van der Waals surface area contributed by atoms with Gasteiger partial charge in [0.15, 0.2) is 17.8 Å². The number of nitro groups is 1. The summed E-state index contributed by atoms with van der Waals surface area (Å²) in [4.78, 5) is 40.5. The number of benzene rings is 1. The fourth-order valence-corrected chi connectivity index (χ4v) is 4.24. The number of nitrogens with zero attached hydrogens (tertiary/aromatic N) is 4. The van der Waals surface area contributed by atoms with E-state index >= 15 is 0 Å². The van der Waals surface area contributed by atoms with Gasteiger partial charge in [-0.1, -0.05) is 19.9 Å². The van der Waals surface area contributed by atoms with Gasteiger partial charge in [0.25, 0.3) is 11.2 Å². The topological polar surface area (TPSA) is 108 Å². The first-order valence-electron chi connectivity index (χ1n) is 11.6. The highest BCUT2D eigenvalue weighted by Gasteiger charge is 2.40. The minimum absolute atomic E-state index is 0.217. The van der Waals surface area contributed by atoms with E-state index in [-0.39, 0.29) is 16.9 Å². The third kappa shape index (κ3) is 5.52. The predicted octanol–water partition coefficient (Wildman–Crippen LogP) is 5.27. The lowest BCUT2D eigenvalue weighted by Crippen LogP contribution is -2.30. The molecule has 0 saturated carbocycles. The van der Waals surface area contributed by atoms with Crippen molar-refractivity contribution in [2.24, 2.45) is 0 Å². The van der Waals surface area contributed by atoms with Gasteiger partial charge in [-0.05, 0) is 36.1 Å². The third-order valence-corrected chi connectivity index (χ3v) is 6.07. The molecule has 0 N–H and O–H groups in total. The molecule has 1 aromatic carbocycles. The Hall–Kier alpha value is -4.55. The largest absolute Gasteiger partial charge is 0.496 e. The Morgan fingerprint density at radius 2 is 1.82 bits per heavy atom. The first-order chi connectivity index (χ1) is 18.4. The molecule has 0 fully saturated rings. The van der Waals surface area contributed by atoms with Crippen molar-refractivity contribution in [2.75, 3.05) is 19.1 Å². The number of pyridine rings is 2. The van der Waals surface area contributed by atoms with Crippen LogP contribution in [0.5, 0.6) is 5.75 Å². The van der Waals surface area contributed by atoms with Crippen molar-refractivity contribution in [1.29, 1.82) is 0 Å². The zero-order chi connectivity index (χ0) is 29.1. The summed E-state index contributed by atoms with van der Waals surface area (Å²) in [5, 5.41) is 11.5. The number of rotatable bonds is 9. The number of aryl methyl sites for hydroxylation is 2. The number of aromatic nitrogens is 2. The molecule has 3 rings (SSSR count). The third-order valence-electron chi connectivity index (χ3n) is 6.07. The van der Waals surface area contributed by atoms with E-state index in [4.69, 9.17) is 4.74 Å². The summed E-state index contributed by atoms with van der Waals surface area (Å²) in [5.41, 5.74) is -3.62. The zero-order valence-corrected chi connectivity index (χ0v) is 21.4. The van der Waals surface area contributed by atoms with Crippen molar-refractivity contribution in [3.05, 3.63) is 91.0 Å². The number of alkyl halides is 3. The minimum atomic E-state index is -5.18. The van der Waals surface area contributed by atoms with Gasteiger partial charge in [0.2, 0.25) is 0 Å². The normalized spacial score (nSPS) is 11.8. The summed E-state index contributed by atoms with van der Waals surface area (Å²) < 4.78 is 64.0. The summed E-state index contributed by atoms with van der Waals surface area (Å²) in [6, 6.07) is 3.57. The van der Waals surface area contributed by atoms with Crippen LogP contribution in [0.3, 0.4) is 0 Å². The van der Waals surface area contributed by atoms with Crippen LogP contribution in [0.1, 0.15) is 41.0 Å². The molecule has 0 radical (unpaired) electrons. The average molecular weight is 548 g/mol. The Bertz CT molecular complexity index is 1490. The van der Waals surface area contributed by atoms with Gasteiger partial charge in [-0.15, -0.1) is 0 Å². The van der Waals surface area contributed by atoms with Crippen LogP contribution in [0.15, 0.2) is 47.2 Å². The highest BCUT2D eigenvalue weighted by atomic mass is 19.4. The fraction of sp³-hybridized carbons (Fsp3) is 0.269. The maximum absolute atomic E-state index is 14.7. The lowest BCUT2D eigenvalue weighted by atomic mass is 10.0. The van der Waals surface area contributed by atoms with Crippen LogP contribution in [-0.4, -0.2) is 41.1 Å². The number of ether oxygens (including phenoxy) is 1. The van der Waals surface area contributed by atoms with Gasteiger partial charge < -0.3 is 9.64 Å². The average Bonchev–Trinajstić information content (AvgIpc) is 2.89. The van der Waals surface area contributed by atoms with Gasteiger partial charge in [-0.2, -0.15) is 13.2 Å². The molecule has 0 unspecified atom stereocenters. The van der Waals surface area contributed by atoms with Crippen LogP contribution < -0.4 is 15.2 Å². The van der Waals surface area contributed by atoms with Gasteiger partial charge in [-0.3, -0.25) is 29.3 Å². The number of halogens is 4. The quantitative estimate of drug-likeness (QED) is 0.155. The molecule has 0 bridgehead atoms. The highest BCUT2D eigenvalue weighted by Crippen LogP contribution is 2.39. The smallest absolute Gasteiger partial charge is 0.431 e. The predicted molar refractivity (Wildman–Crippen MR) is 136 cm³/mol. The Balaban J connectivity index is 2.46. The summed E-state index contributed by atoms with van der Waals surface area (Å²) in [7, 11) is 1.91. The molecule has 2 aromatic heterocycles. The molecule has 13 heteroatoms. The molecule has 0 aliphatic carbocycles. The molecule has 0 aliphatic heterocycles. The second-order valence-corrected chi connectivity index (χ2v) is 8.27. The van der Waals surface area contributed by atoms with Crippen molar-refractivity contribution in [1.82, 2.24) is 9.55 Å². The van der Waals surface area contributed by atoms with E-state index in [1.54, 1.807) is 13.8 Å². The van der Waals surface area contributed by atoms with E-state index < -0.39 is 50.8 Å².